The van der Waals surface area contributed by atoms with Gasteiger partial charge in [-0.2, -0.15) is 4.98 Å². The predicted molar refractivity (Wildman–Crippen MR) is 115 cm³/mol. The van der Waals surface area contributed by atoms with Crippen molar-refractivity contribution in [3.63, 3.8) is 0 Å². The van der Waals surface area contributed by atoms with Gasteiger partial charge in [-0.25, -0.2) is 4.79 Å². The van der Waals surface area contributed by atoms with Gasteiger partial charge in [-0.15, -0.1) is 0 Å². The zero-order chi connectivity index (χ0) is 21.4. The van der Waals surface area contributed by atoms with Gasteiger partial charge in [-0.05, 0) is 12.5 Å². The highest BCUT2D eigenvalue weighted by Gasteiger charge is 2.26. The lowest BCUT2D eigenvalue weighted by Crippen LogP contribution is -2.49. The third kappa shape index (κ3) is 3.51. The van der Waals surface area contributed by atoms with Crippen molar-refractivity contribution < 1.29 is 4.79 Å². The second-order valence-corrected chi connectivity index (χ2v) is 7.70. The molecule has 3 aromatic rings. The summed E-state index contributed by atoms with van der Waals surface area (Å²) in [7, 11) is 1.60. The average molecular weight is 410 g/mol. The summed E-state index contributed by atoms with van der Waals surface area (Å²) in [5, 5.41) is 0. The van der Waals surface area contributed by atoms with Crippen molar-refractivity contribution in [2.45, 2.75) is 26.8 Å². The molecule has 1 aromatic carbocycles. The number of hydrogen-bond donors (Lipinski definition) is 1. The first-order valence-electron chi connectivity index (χ1n) is 10.2. The largest absolute Gasteiger partial charge is 0.339 e. The van der Waals surface area contributed by atoms with Gasteiger partial charge in [0.1, 0.15) is 0 Å². The number of amides is 1. The van der Waals surface area contributed by atoms with E-state index in [1.165, 1.54) is 4.57 Å². The molecule has 0 atom stereocenters. The summed E-state index contributed by atoms with van der Waals surface area (Å²) in [6.45, 7) is 6.80. The Morgan fingerprint density at radius 3 is 2.40 bits per heavy atom. The fourth-order valence-electron chi connectivity index (χ4n) is 3.87. The molecule has 1 amide bonds. The number of imidazole rings is 1. The summed E-state index contributed by atoms with van der Waals surface area (Å²) in [4.78, 5) is 47.8. The number of fused-ring (bicyclic) bond motifs is 1. The Balaban J connectivity index is 1.78. The third-order valence-corrected chi connectivity index (χ3v) is 5.67. The molecule has 1 aliphatic heterocycles. The van der Waals surface area contributed by atoms with Crippen molar-refractivity contribution in [2.75, 3.05) is 31.1 Å². The fraction of sp³-hybridized carbons (Fsp3) is 0.429. The monoisotopic (exact) mass is 410 g/mol. The Kier molecular flexibility index (Phi) is 5.19. The lowest BCUT2D eigenvalue weighted by atomic mass is 10.1. The minimum atomic E-state index is -0.489. The molecule has 0 aliphatic carbocycles. The number of aryl methyl sites for hydroxylation is 2. The fourth-order valence-corrected chi connectivity index (χ4v) is 3.87. The SMILES string of the molecule is CCC(=O)N1CCN(c2nc3c(c(=O)[nH]c(=O)n3C)n2Cc2ccc(C)cc2)CC1. The predicted octanol–water partition coefficient (Wildman–Crippen LogP) is 0.839. The number of nitrogens with one attached hydrogen (secondary N) is 1. The van der Waals surface area contributed by atoms with Crippen LogP contribution in [0.2, 0.25) is 0 Å². The van der Waals surface area contributed by atoms with Crippen LogP contribution in [-0.4, -0.2) is 56.1 Å². The molecule has 1 fully saturated rings. The Labute approximate surface area is 173 Å². The van der Waals surface area contributed by atoms with E-state index in [0.29, 0.717) is 56.3 Å². The van der Waals surface area contributed by atoms with Gasteiger partial charge in [0, 0.05) is 39.6 Å². The van der Waals surface area contributed by atoms with Gasteiger partial charge < -0.3 is 9.80 Å². The molecule has 9 nitrogen and oxygen atoms in total. The van der Waals surface area contributed by atoms with Crippen LogP contribution >= 0.6 is 0 Å². The molecule has 2 aromatic heterocycles. The maximum atomic E-state index is 12.7. The van der Waals surface area contributed by atoms with Crippen LogP contribution in [0.4, 0.5) is 5.95 Å². The number of anilines is 1. The Bertz CT molecular complexity index is 1200. The molecule has 1 saturated heterocycles. The molecule has 30 heavy (non-hydrogen) atoms. The van der Waals surface area contributed by atoms with Gasteiger partial charge in [0.25, 0.3) is 5.56 Å². The lowest BCUT2D eigenvalue weighted by molar-refractivity contribution is -0.131. The molecule has 0 unspecified atom stereocenters. The zero-order valence-corrected chi connectivity index (χ0v) is 17.5. The van der Waals surface area contributed by atoms with E-state index in [1.54, 1.807) is 7.05 Å². The molecule has 9 heteroatoms. The van der Waals surface area contributed by atoms with Crippen molar-refractivity contribution in [2.24, 2.45) is 7.05 Å². The normalized spacial score (nSPS) is 14.5. The number of H-pyrrole nitrogens is 1. The van der Waals surface area contributed by atoms with Gasteiger partial charge in [0.15, 0.2) is 11.2 Å². The Morgan fingerprint density at radius 2 is 1.77 bits per heavy atom. The van der Waals surface area contributed by atoms with Gasteiger partial charge in [-0.1, -0.05) is 36.8 Å². The number of aromatic amines is 1. The van der Waals surface area contributed by atoms with Crippen molar-refractivity contribution in [1.82, 2.24) is 24.0 Å². The Hall–Kier alpha value is -3.36. The number of rotatable bonds is 4. The highest BCUT2D eigenvalue weighted by Crippen LogP contribution is 2.22. The van der Waals surface area contributed by atoms with E-state index in [1.807, 2.05) is 47.6 Å². The van der Waals surface area contributed by atoms with Crippen LogP contribution in [0.25, 0.3) is 11.2 Å². The molecule has 158 valence electrons. The van der Waals surface area contributed by atoms with Crippen LogP contribution < -0.4 is 16.1 Å². The summed E-state index contributed by atoms with van der Waals surface area (Å²) in [6.07, 6.45) is 0.490. The van der Waals surface area contributed by atoms with Crippen molar-refractivity contribution in [3.8, 4) is 0 Å². The van der Waals surface area contributed by atoms with E-state index in [4.69, 9.17) is 0 Å². The molecule has 0 spiro atoms. The first-order valence-corrected chi connectivity index (χ1v) is 10.2. The molecule has 0 bridgehead atoms. The summed E-state index contributed by atoms with van der Waals surface area (Å²) in [6, 6.07) is 8.12. The number of carbonyl (C=O) groups is 1. The molecule has 4 rings (SSSR count). The van der Waals surface area contributed by atoms with Gasteiger partial charge >= 0.3 is 5.69 Å². The van der Waals surface area contributed by atoms with E-state index < -0.39 is 11.2 Å². The van der Waals surface area contributed by atoms with E-state index in [9.17, 15) is 14.4 Å². The summed E-state index contributed by atoms with van der Waals surface area (Å²) >= 11 is 0. The van der Waals surface area contributed by atoms with Crippen LogP contribution in [0.3, 0.4) is 0 Å². The molecule has 0 radical (unpaired) electrons. The summed E-state index contributed by atoms with van der Waals surface area (Å²) < 4.78 is 3.23. The van der Waals surface area contributed by atoms with Crippen LogP contribution in [0.1, 0.15) is 24.5 Å². The van der Waals surface area contributed by atoms with Crippen LogP contribution in [0, 0.1) is 6.92 Å². The average Bonchev–Trinajstić information content (AvgIpc) is 3.13. The zero-order valence-electron chi connectivity index (χ0n) is 17.5. The van der Waals surface area contributed by atoms with Crippen LogP contribution in [0.15, 0.2) is 33.9 Å². The molecule has 0 saturated carbocycles. The summed E-state index contributed by atoms with van der Waals surface area (Å²) in [5.74, 6) is 0.780. The maximum Gasteiger partial charge on any atom is 0.329 e. The van der Waals surface area contributed by atoms with Crippen LogP contribution in [-0.2, 0) is 18.4 Å². The smallest absolute Gasteiger partial charge is 0.329 e. The molecule has 1 aliphatic rings. The number of aromatic nitrogens is 4. The minimum absolute atomic E-state index is 0.140. The summed E-state index contributed by atoms with van der Waals surface area (Å²) in [5.41, 5.74) is 1.99. The molecule has 1 N–H and O–H groups in total. The number of piperazine rings is 1. The second-order valence-electron chi connectivity index (χ2n) is 7.70. The Morgan fingerprint density at radius 1 is 1.10 bits per heavy atom. The van der Waals surface area contributed by atoms with Crippen molar-refractivity contribution >= 4 is 23.0 Å². The van der Waals surface area contributed by atoms with E-state index in [-0.39, 0.29) is 5.91 Å². The standard InChI is InChI=1S/C21H26N6O3/c1-4-16(28)25-9-11-26(12-10-25)20-22-18-17(19(29)23-21(30)24(18)3)27(20)13-15-7-5-14(2)6-8-15/h5-8H,4,9-13H2,1-3H3,(H,23,29,30). The number of hydrogen-bond acceptors (Lipinski definition) is 5. The minimum Gasteiger partial charge on any atom is -0.339 e. The van der Waals surface area contributed by atoms with Crippen molar-refractivity contribution in [1.29, 1.82) is 0 Å². The molecule has 3 heterocycles. The van der Waals surface area contributed by atoms with Crippen LogP contribution in [0.5, 0.6) is 0 Å². The highest BCUT2D eigenvalue weighted by molar-refractivity contribution is 5.77. The maximum absolute atomic E-state index is 12.7. The number of benzene rings is 1. The lowest BCUT2D eigenvalue weighted by Gasteiger charge is -2.35. The van der Waals surface area contributed by atoms with E-state index in [2.05, 4.69) is 14.9 Å². The van der Waals surface area contributed by atoms with Gasteiger partial charge in [0.2, 0.25) is 11.9 Å². The quantitative estimate of drug-likeness (QED) is 0.688. The second kappa shape index (κ2) is 7.81. The number of carbonyl (C=O) groups excluding carboxylic acids is 1. The third-order valence-electron chi connectivity index (χ3n) is 5.67. The van der Waals surface area contributed by atoms with Gasteiger partial charge in [-0.3, -0.25) is 23.7 Å². The van der Waals surface area contributed by atoms with E-state index in [0.717, 1.165) is 11.1 Å². The first kappa shape index (κ1) is 19.9. The first-order chi connectivity index (χ1) is 14.4. The van der Waals surface area contributed by atoms with Crippen molar-refractivity contribution in [3.05, 3.63) is 56.2 Å². The van der Waals surface area contributed by atoms with Gasteiger partial charge in [0.05, 0.1) is 6.54 Å². The number of nitrogens with zero attached hydrogens (tertiary/aromatic N) is 5. The molecular weight excluding hydrogens is 384 g/mol. The topological polar surface area (TPSA) is 96.2 Å². The highest BCUT2D eigenvalue weighted by atomic mass is 16.2. The molecular formula is C21H26N6O3. The van der Waals surface area contributed by atoms with E-state index >= 15 is 0 Å².